The number of ether oxygens (including phenoxy) is 1. The van der Waals surface area contributed by atoms with Crippen molar-refractivity contribution in [1.82, 2.24) is 5.32 Å². The Morgan fingerprint density at radius 1 is 1.04 bits per heavy atom. The molecule has 0 bridgehead atoms. The van der Waals surface area contributed by atoms with Crippen molar-refractivity contribution >= 4 is 17.5 Å². The molecule has 0 radical (unpaired) electrons. The van der Waals surface area contributed by atoms with Crippen LogP contribution in [0.1, 0.15) is 26.3 Å². The van der Waals surface area contributed by atoms with Crippen molar-refractivity contribution in [3.8, 4) is 11.5 Å². The summed E-state index contributed by atoms with van der Waals surface area (Å²) in [4.78, 5) is 26.7. The van der Waals surface area contributed by atoms with Crippen molar-refractivity contribution in [2.75, 3.05) is 11.9 Å². The summed E-state index contributed by atoms with van der Waals surface area (Å²) in [6.45, 7) is 0.271. The molecule has 0 aromatic heterocycles. The molecule has 28 heavy (non-hydrogen) atoms. The Morgan fingerprint density at radius 2 is 1.79 bits per heavy atom. The Balaban J connectivity index is 1.57. The highest BCUT2D eigenvalue weighted by atomic mass is 19.1. The monoisotopic (exact) mass is 376 g/mol. The van der Waals surface area contributed by atoms with Crippen LogP contribution in [0.2, 0.25) is 0 Å². The molecular weight excluding hydrogens is 359 g/mol. The fourth-order valence-electron chi connectivity index (χ4n) is 3.03. The lowest BCUT2D eigenvalue weighted by atomic mass is 10.1. The molecule has 4 rings (SSSR count). The van der Waals surface area contributed by atoms with Gasteiger partial charge in [0.1, 0.15) is 11.6 Å². The number of hydrogen-bond acceptors (Lipinski definition) is 3. The van der Waals surface area contributed by atoms with Crippen molar-refractivity contribution < 1.29 is 18.7 Å². The standard InChI is InChI=1S/C22H17FN2O3/c1-25-18-12-15(21(26)24-13-14-6-9-16(23)10-7-14)8-11-20(18)28-19-5-3-2-4-17(19)22(25)27/h2-12H,13H2,1H3,(H,24,26). The van der Waals surface area contributed by atoms with Crippen LogP contribution < -0.4 is 15.0 Å². The molecule has 0 saturated carbocycles. The van der Waals surface area contributed by atoms with Gasteiger partial charge in [0.05, 0.1) is 11.3 Å². The number of anilines is 1. The van der Waals surface area contributed by atoms with E-state index in [1.54, 1.807) is 61.6 Å². The number of rotatable bonds is 3. The number of nitrogens with one attached hydrogen (secondary N) is 1. The zero-order chi connectivity index (χ0) is 19.7. The largest absolute Gasteiger partial charge is 0.454 e. The van der Waals surface area contributed by atoms with E-state index in [1.807, 2.05) is 0 Å². The highest BCUT2D eigenvalue weighted by Crippen LogP contribution is 2.38. The lowest BCUT2D eigenvalue weighted by Gasteiger charge is -2.17. The van der Waals surface area contributed by atoms with Crippen LogP contribution in [0.3, 0.4) is 0 Å². The van der Waals surface area contributed by atoms with E-state index in [2.05, 4.69) is 5.32 Å². The van der Waals surface area contributed by atoms with Gasteiger partial charge in [-0.05, 0) is 48.0 Å². The lowest BCUT2D eigenvalue weighted by molar-refractivity contribution is 0.0948. The summed E-state index contributed by atoms with van der Waals surface area (Å²) in [5.74, 6) is 0.144. The number of carbonyl (C=O) groups is 2. The second-order valence-electron chi connectivity index (χ2n) is 6.45. The van der Waals surface area contributed by atoms with Crippen molar-refractivity contribution in [3.63, 3.8) is 0 Å². The van der Waals surface area contributed by atoms with Crippen molar-refractivity contribution in [1.29, 1.82) is 0 Å². The molecular formula is C22H17FN2O3. The van der Waals surface area contributed by atoms with Crippen molar-refractivity contribution in [3.05, 3.63) is 89.2 Å². The second-order valence-corrected chi connectivity index (χ2v) is 6.45. The van der Waals surface area contributed by atoms with Crippen LogP contribution in [0, 0.1) is 5.82 Å². The average Bonchev–Trinajstić information content (AvgIpc) is 2.82. The van der Waals surface area contributed by atoms with E-state index in [1.165, 1.54) is 17.0 Å². The molecule has 0 atom stereocenters. The Labute approximate surface area is 161 Å². The predicted octanol–water partition coefficient (Wildman–Crippen LogP) is 4.14. The molecule has 0 unspecified atom stereocenters. The lowest BCUT2D eigenvalue weighted by Crippen LogP contribution is -2.26. The van der Waals surface area contributed by atoms with Crippen LogP contribution in [0.15, 0.2) is 66.7 Å². The van der Waals surface area contributed by atoms with Gasteiger partial charge in [0, 0.05) is 19.2 Å². The fourth-order valence-corrected chi connectivity index (χ4v) is 3.03. The number of hydrogen-bond donors (Lipinski definition) is 1. The quantitative estimate of drug-likeness (QED) is 0.748. The molecule has 0 aliphatic carbocycles. The van der Waals surface area contributed by atoms with Crippen molar-refractivity contribution in [2.24, 2.45) is 0 Å². The summed E-state index contributed by atoms with van der Waals surface area (Å²) in [5, 5.41) is 2.79. The van der Waals surface area contributed by atoms with Crippen LogP contribution in [0.4, 0.5) is 10.1 Å². The number of benzene rings is 3. The van der Waals surface area contributed by atoms with Gasteiger partial charge in [0.25, 0.3) is 11.8 Å². The van der Waals surface area contributed by atoms with E-state index in [0.717, 1.165) is 5.56 Å². The molecule has 0 spiro atoms. The van der Waals surface area contributed by atoms with Gasteiger partial charge in [0.15, 0.2) is 5.75 Å². The summed E-state index contributed by atoms with van der Waals surface area (Å²) in [5.41, 5.74) is 2.16. The third kappa shape index (κ3) is 3.32. The minimum Gasteiger partial charge on any atom is -0.454 e. The molecule has 3 aromatic carbocycles. The highest BCUT2D eigenvalue weighted by Gasteiger charge is 2.26. The van der Waals surface area contributed by atoms with Gasteiger partial charge in [-0.15, -0.1) is 0 Å². The normalized spacial score (nSPS) is 12.5. The first-order valence-electron chi connectivity index (χ1n) is 8.74. The number of amides is 2. The van der Waals surface area contributed by atoms with Gasteiger partial charge in [-0.25, -0.2) is 4.39 Å². The van der Waals surface area contributed by atoms with Gasteiger partial charge in [-0.2, -0.15) is 0 Å². The first-order valence-corrected chi connectivity index (χ1v) is 8.74. The molecule has 5 nitrogen and oxygen atoms in total. The van der Waals surface area contributed by atoms with Crippen molar-refractivity contribution in [2.45, 2.75) is 6.54 Å². The molecule has 1 heterocycles. The molecule has 1 aliphatic rings. The maximum absolute atomic E-state index is 13.0. The highest BCUT2D eigenvalue weighted by molar-refractivity contribution is 6.10. The first kappa shape index (κ1) is 17.7. The predicted molar refractivity (Wildman–Crippen MR) is 103 cm³/mol. The van der Waals surface area contributed by atoms with E-state index in [9.17, 15) is 14.0 Å². The summed E-state index contributed by atoms with van der Waals surface area (Å²) in [7, 11) is 1.65. The second kappa shape index (κ2) is 7.15. The van der Waals surface area contributed by atoms with Crippen LogP contribution in [-0.4, -0.2) is 18.9 Å². The summed E-state index contributed by atoms with van der Waals surface area (Å²) in [6, 6.07) is 17.9. The Kier molecular flexibility index (Phi) is 4.53. The van der Waals surface area contributed by atoms with Gasteiger partial charge in [-0.3, -0.25) is 9.59 Å². The maximum Gasteiger partial charge on any atom is 0.261 e. The minimum atomic E-state index is -0.325. The summed E-state index contributed by atoms with van der Waals surface area (Å²) >= 11 is 0. The fraction of sp³-hybridized carbons (Fsp3) is 0.0909. The molecule has 2 amide bonds. The van der Waals surface area contributed by atoms with E-state index in [-0.39, 0.29) is 24.2 Å². The molecule has 3 aromatic rings. The summed E-state index contributed by atoms with van der Waals surface area (Å²) < 4.78 is 18.9. The molecule has 140 valence electrons. The zero-order valence-corrected chi connectivity index (χ0v) is 15.1. The Hall–Kier alpha value is -3.67. The number of halogens is 1. The van der Waals surface area contributed by atoms with Gasteiger partial charge in [0.2, 0.25) is 0 Å². The van der Waals surface area contributed by atoms with Gasteiger partial charge < -0.3 is 15.0 Å². The average molecular weight is 376 g/mol. The van der Waals surface area contributed by atoms with E-state index in [0.29, 0.717) is 28.3 Å². The molecule has 0 saturated heterocycles. The Morgan fingerprint density at radius 3 is 2.57 bits per heavy atom. The smallest absolute Gasteiger partial charge is 0.261 e. The van der Waals surface area contributed by atoms with Crippen LogP contribution >= 0.6 is 0 Å². The number of carbonyl (C=O) groups excluding carboxylic acids is 2. The zero-order valence-electron chi connectivity index (χ0n) is 15.1. The number of para-hydroxylation sites is 1. The summed E-state index contributed by atoms with van der Waals surface area (Å²) in [6.07, 6.45) is 0. The third-order valence-corrected chi connectivity index (χ3v) is 4.59. The van der Waals surface area contributed by atoms with Crippen LogP contribution in [0.5, 0.6) is 11.5 Å². The number of nitrogens with zero attached hydrogens (tertiary/aromatic N) is 1. The van der Waals surface area contributed by atoms with Crippen LogP contribution in [0.25, 0.3) is 0 Å². The van der Waals surface area contributed by atoms with Crippen LogP contribution in [-0.2, 0) is 6.54 Å². The van der Waals surface area contributed by atoms with E-state index >= 15 is 0 Å². The van der Waals surface area contributed by atoms with Gasteiger partial charge in [-0.1, -0.05) is 24.3 Å². The molecule has 6 heteroatoms. The number of fused-ring (bicyclic) bond motifs is 2. The van der Waals surface area contributed by atoms with E-state index < -0.39 is 0 Å². The van der Waals surface area contributed by atoms with Gasteiger partial charge >= 0.3 is 0 Å². The maximum atomic E-state index is 13.0. The topological polar surface area (TPSA) is 58.6 Å². The molecule has 0 fully saturated rings. The Bertz CT molecular complexity index is 1060. The van der Waals surface area contributed by atoms with E-state index in [4.69, 9.17) is 4.74 Å². The SMILES string of the molecule is CN1C(=O)c2ccccc2Oc2ccc(C(=O)NCc3ccc(F)cc3)cc21. The first-order chi connectivity index (χ1) is 13.5. The third-order valence-electron chi connectivity index (χ3n) is 4.59. The minimum absolute atomic E-state index is 0.210. The molecule has 1 aliphatic heterocycles. The molecule has 1 N–H and O–H groups in total.